The third kappa shape index (κ3) is 3.86. The third-order valence-electron chi connectivity index (χ3n) is 2.90. The number of benzene rings is 1. The zero-order valence-electron chi connectivity index (χ0n) is 10.8. The van der Waals surface area contributed by atoms with E-state index in [1.807, 2.05) is 0 Å². The van der Waals surface area contributed by atoms with Crippen LogP contribution in [-0.4, -0.2) is 10.1 Å². The molecule has 1 aromatic heterocycles. The third-order valence-corrected chi connectivity index (χ3v) is 3.19. The maximum Gasteiger partial charge on any atom is 0.417 e. The molecule has 2 aromatic rings. The van der Waals surface area contributed by atoms with E-state index in [-0.39, 0.29) is 17.4 Å². The number of hydrogen-bond donors (Lipinski definition) is 2. The molecule has 0 atom stereocenters. The van der Waals surface area contributed by atoms with E-state index in [1.54, 1.807) is 24.3 Å². The van der Waals surface area contributed by atoms with Gasteiger partial charge in [0, 0.05) is 12.7 Å². The number of anilines is 1. The van der Waals surface area contributed by atoms with Gasteiger partial charge in [0.25, 0.3) is 0 Å². The molecular weight excluding hydrogens is 305 g/mol. The van der Waals surface area contributed by atoms with Crippen molar-refractivity contribution in [3.8, 4) is 0 Å². The highest BCUT2D eigenvalue weighted by atomic mass is 35.5. The van der Waals surface area contributed by atoms with Crippen molar-refractivity contribution < 1.29 is 18.3 Å². The van der Waals surface area contributed by atoms with Gasteiger partial charge in [0.15, 0.2) is 0 Å². The molecule has 0 bridgehead atoms. The van der Waals surface area contributed by atoms with Crippen LogP contribution < -0.4 is 5.32 Å². The zero-order valence-corrected chi connectivity index (χ0v) is 11.5. The van der Waals surface area contributed by atoms with Gasteiger partial charge in [-0.2, -0.15) is 13.2 Å². The highest BCUT2D eigenvalue weighted by Crippen LogP contribution is 2.32. The predicted octanol–water partition coefficient (Wildman–Crippen LogP) is 3.86. The van der Waals surface area contributed by atoms with Crippen molar-refractivity contribution in [3.63, 3.8) is 0 Å². The Balaban J connectivity index is 2.14. The molecule has 0 saturated carbocycles. The Hall–Kier alpha value is -1.79. The molecule has 0 amide bonds. The zero-order chi connectivity index (χ0) is 15.5. The number of aliphatic hydroxyl groups excluding tert-OH is 1. The lowest BCUT2D eigenvalue weighted by atomic mass is 10.1. The SMILES string of the molecule is OCc1ccccc1CNc1ncc(C(F)(F)F)cc1Cl. The fourth-order valence-corrected chi connectivity index (χ4v) is 2.02. The predicted molar refractivity (Wildman–Crippen MR) is 73.9 cm³/mol. The second-order valence-corrected chi connectivity index (χ2v) is 4.74. The smallest absolute Gasteiger partial charge is 0.392 e. The minimum Gasteiger partial charge on any atom is -0.392 e. The quantitative estimate of drug-likeness (QED) is 0.900. The van der Waals surface area contributed by atoms with Crippen LogP contribution in [0.15, 0.2) is 36.5 Å². The lowest BCUT2D eigenvalue weighted by molar-refractivity contribution is -0.137. The van der Waals surface area contributed by atoms with E-state index in [0.717, 1.165) is 23.4 Å². The maximum atomic E-state index is 12.5. The first-order valence-corrected chi connectivity index (χ1v) is 6.44. The van der Waals surface area contributed by atoms with Crippen LogP contribution >= 0.6 is 11.6 Å². The molecule has 3 nitrogen and oxygen atoms in total. The number of aliphatic hydroxyl groups is 1. The molecule has 1 heterocycles. The molecule has 112 valence electrons. The number of rotatable bonds is 4. The van der Waals surface area contributed by atoms with Gasteiger partial charge < -0.3 is 10.4 Å². The molecule has 0 fully saturated rings. The lowest BCUT2D eigenvalue weighted by Gasteiger charge is -2.12. The summed E-state index contributed by atoms with van der Waals surface area (Å²) in [7, 11) is 0. The molecule has 7 heteroatoms. The molecule has 2 rings (SSSR count). The van der Waals surface area contributed by atoms with Gasteiger partial charge in [0.2, 0.25) is 0 Å². The van der Waals surface area contributed by atoms with Crippen molar-refractivity contribution in [2.24, 2.45) is 0 Å². The average Bonchev–Trinajstić information content (AvgIpc) is 2.45. The fourth-order valence-electron chi connectivity index (χ4n) is 1.79. The van der Waals surface area contributed by atoms with E-state index >= 15 is 0 Å². The Morgan fingerprint density at radius 3 is 2.43 bits per heavy atom. The second kappa shape index (κ2) is 6.32. The molecule has 0 aliphatic carbocycles. The molecule has 0 aliphatic rings. The molecule has 21 heavy (non-hydrogen) atoms. The van der Waals surface area contributed by atoms with Crippen LogP contribution in [0.5, 0.6) is 0 Å². The number of alkyl halides is 3. The summed E-state index contributed by atoms with van der Waals surface area (Å²) >= 11 is 5.80. The summed E-state index contributed by atoms with van der Waals surface area (Å²) in [5.74, 6) is 0.164. The summed E-state index contributed by atoms with van der Waals surface area (Å²) in [4.78, 5) is 3.69. The number of nitrogens with zero attached hydrogens (tertiary/aromatic N) is 1. The Bertz CT molecular complexity index is 632. The second-order valence-electron chi connectivity index (χ2n) is 4.33. The topological polar surface area (TPSA) is 45.1 Å². The highest BCUT2D eigenvalue weighted by Gasteiger charge is 2.31. The van der Waals surface area contributed by atoms with E-state index in [0.29, 0.717) is 6.54 Å². The molecule has 2 N–H and O–H groups in total. The Kier molecular flexibility index (Phi) is 4.69. The van der Waals surface area contributed by atoms with Crippen molar-refractivity contribution in [2.45, 2.75) is 19.3 Å². The first-order chi connectivity index (χ1) is 9.91. The molecule has 0 saturated heterocycles. The van der Waals surface area contributed by atoms with Gasteiger partial charge in [-0.25, -0.2) is 4.98 Å². The van der Waals surface area contributed by atoms with E-state index in [1.165, 1.54) is 0 Å². The summed E-state index contributed by atoms with van der Waals surface area (Å²) in [5.41, 5.74) is 0.652. The number of aromatic nitrogens is 1. The van der Waals surface area contributed by atoms with Gasteiger partial charge in [0.05, 0.1) is 17.2 Å². The number of hydrogen-bond acceptors (Lipinski definition) is 3. The molecule has 1 aromatic carbocycles. The van der Waals surface area contributed by atoms with Gasteiger partial charge >= 0.3 is 6.18 Å². The van der Waals surface area contributed by atoms with Crippen molar-refractivity contribution in [1.29, 1.82) is 0 Å². The molecule has 0 unspecified atom stereocenters. The van der Waals surface area contributed by atoms with Crippen LogP contribution in [0, 0.1) is 0 Å². The minimum absolute atomic E-state index is 0.105. The van der Waals surface area contributed by atoms with E-state index in [4.69, 9.17) is 11.6 Å². The van der Waals surface area contributed by atoms with Gasteiger partial charge in [-0.3, -0.25) is 0 Å². The van der Waals surface area contributed by atoms with Crippen LogP contribution in [0.25, 0.3) is 0 Å². The summed E-state index contributed by atoms with van der Waals surface area (Å²) in [6.45, 7) is 0.181. The number of halogens is 4. The van der Waals surface area contributed by atoms with Crippen molar-refractivity contribution in [3.05, 3.63) is 58.2 Å². The van der Waals surface area contributed by atoms with Crippen molar-refractivity contribution in [1.82, 2.24) is 4.98 Å². The maximum absolute atomic E-state index is 12.5. The van der Waals surface area contributed by atoms with E-state index < -0.39 is 11.7 Å². The van der Waals surface area contributed by atoms with Crippen molar-refractivity contribution in [2.75, 3.05) is 5.32 Å². The molecule has 0 aliphatic heterocycles. The van der Waals surface area contributed by atoms with E-state index in [9.17, 15) is 18.3 Å². The van der Waals surface area contributed by atoms with Gasteiger partial charge in [-0.15, -0.1) is 0 Å². The first-order valence-electron chi connectivity index (χ1n) is 6.06. The standard InChI is InChI=1S/C14H12ClF3N2O/c15-12-5-11(14(16,17)18)7-20-13(12)19-6-9-3-1-2-4-10(9)8-21/h1-5,7,21H,6,8H2,(H,19,20). The van der Waals surface area contributed by atoms with Crippen molar-refractivity contribution >= 4 is 17.4 Å². The molecule has 0 radical (unpaired) electrons. The van der Waals surface area contributed by atoms with Gasteiger partial charge in [0.1, 0.15) is 5.82 Å². The van der Waals surface area contributed by atoms with Crippen LogP contribution in [0.2, 0.25) is 5.02 Å². The van der Waals surface area contributed by atoms with Crippen LogP contribution in [0.3, 0.4) is 0 Å². The molecular formula is C14H12ClF3N2O. The molecule has 0 spiro atoms. The summed E-state index contributed by atoms with van der Waals surface area (Å²) < 4.78 is 37.5. The van der Waals surface area contributed by atoms with E-state index in [2.05, 4.69) is 10.3 Å². The number of pyridine rings is 1. The largest absolute Gasteiger partial charge is 0.417 e. The van der Waals surface area contributed by atoms with Gasteiger partial charge in [-0.1, -0.05) is 35.9 Å². The monoisotopic (exact) mass is 316 g/mol. The minimum atomic E-state index is -4.47. The highest BCUT2D eigenvalue weighted by molar-refractivity contribution is 6.32. The fraction of sp³-hybridized carbons (Fsp3) is 0.214. The van der Waals surface area contributed by atoms with Crippen LogP contribution in [0.1, 0.15) is 16.7 Å². The lowest BCUT2D eigenvalue weighted by Crippen LogP contribution is -2.08. The Morgan fingerprint density at radius 1 is 1.19 bits per heavy atom. The first kappa shape index (κ1) is 15.6. The summed E-state index contributed by atoms with van der Waals surface area (Å²) in [6, 6.07) is 7.99. The Morgan fingerprint density at radius 2 is 1.86 bits per heavy atom. The van der Waals surface area contributed by atoms with Crippen LogP contribution in [0.4, 0.5) is 19.0 Å². The Labute approximate surface area is 124 Å². The van der Waals surface area contributed by atoms with Crippen LogP contribution in [-0.2, 0) is 19.3 Å². The number of nitrogens with one attached hydrogen (secondary N) is 1. The summed E-state index contributed by atoms with van der Waals surface area (Å²) in [6.07, 6.45) is -3.75. The summed E-state index contributed by atoms with van der Waals surface area (Å²) in [5, 5.41) is 12.0. The average molecular weight is 317 g/mol. The van der Waals surface area contributed by atoms with Gasteiger partial charge in [-0.05, 0) is 17.2 Å². The normalized spacial score (nSPS) is 11.5.